The van der Waals surface area contributed by atoms with Crippen LogP contribution in [0.4, 0.5) is 5.69 Å². The Morgan fingerprint density at radius 3 is 2.45 bits per heavy atom. The molecule has 1 N–H and O–H groups in total. The molecule has 4 amide bonds. The van der Waals surface area contributed by atoms with E-state index in [0.717, 1.165) is 41.8 Å². The van der Waals surface area contributed by atoms with Crippen LogP contribution in [0.5, 0.6) is 0 Å². The maximum absolute atomic E-state index is 13.1. The van der Waals surface area contributed by atoms with Gasteiger partial charge in [0.2, 0.25) is 11.8 Å². The first kappa shape index (κ1) is 20.8. The van der Waals surface area contributed by atoms with Gasteiger partial charge in [0.25, 0.3) is 11.8 Å². The molecule has 0 spiro atoms. The second-order valence-electron chi connectivity index (χ2n) is 10.6. The zero-order valence-corrected chi connectivity index (χ0v) is 19.0. The van der Waals surface area contributed by atoms with Gasteiger partial charge in [-0.05, 0) is 68.6 Å². The number of carbonyl (C=O) groups is 4. The molecule has 174 valence electrons. The van der Waals surface area contributed by atoms with Gasteiger partial charge < -0.3 is 9.80 Å². The van der Waals surface area contributed by atoms with E-state index in [1.807, 2.05) is 12.1 Å². The van der Waals surface area contributed by atoms with Gasteiger partial charge >= 0.3 is 0 Å². The zero-order valence-electron chi connectivity index (χ0n) is 19.0. The van der Waals surface area contributed by atoms with E-state index in [9.17, 15) is 19.2 Å². The van der Waals surface area contributed by atoms with Crippen LogP contribution in [-0.2, 0) is 9.59 Å². The minimum atomic E-state index is -0.926. The monoisotopic (exact) mass is 450 g/mol. The number of rotatable bonds is 4. The van der Waals surface area contributed by atoms with Crippen LogP contribution in [0.2, 0.25) is 0 Å². The molecule has 4 heterocycles. The summed E-state index contributed by atoms with van der Waals surface area (Å²) in [6, 6.07) is 4.88. The summed E-state index contributed by atoms with van der Waals surface area (Å²) in [7, 11) is 0. The average Bonchev–Trinajstić information content (AvgIpc) is 3.31. The van der Waals surface area contributed by atoms with Crippen molar-refractivity contribution in [2.75, 3.05) is 31.1 Å². The molecule has 4 fully saturated rings. The molecular weight excluding hydrogens is 420 g/mol. The van der Waals surface area contributed by atoms with Crippen molar-refractivity contribution in [3.05, 3.63) is 29.3 Å². The summed E-state index contributed by atoms with van der Waals surface area (Å²) >= 11 is 0. The smallest absolute Gasteiger partial charge is 0.262 e. The maximum atomic E-state index is 13.1. The van der Waals surface area contributed by atoms with E-state index in [4.69, 9.17) is 0 Å². The summed E-state index contributed by atoms with van der Waals surface area (Å²) in [5.41, 5.74) is 1.64. The van der Waals surface area contributed by atoms with Crippen LogP contribution in [-0.4, -0.2) is 71.7 Å². The maximum Gasteiger partial charge on any atom is 0.262 e. The first-order valence-electron chi connectivity index (χ1n) is 12.2. The molecule has 0 aromatic heterocycles. The Kier molecular flexibility index (Phi) is 4.83. The van der Waals surface area contributed by atoms with E-state index in [1.165, 1.54) is 26.1 Å². The lowest BCUT2D eigenvalue weighted by Crippen LogP contribution is -2.54. The summed E-state index contributed by atoms with van der Waals surface area (Å²) in [6.07, 6.45) is 3.99. The number of fused-ring (bicyclic) bond motifs is 2. The lowest BCUT2D eigenvalue weighted by molar-refractivity contribution is -0.136. The Morgan fingerprint density at radius 2 is 1.73 bits per heavy atom. The van der Waals surface area contributed by atoms with E-state index in [0.29, 0.717) is 23.1 Å². The van der Waals surface area contributed by atoms with Crippen molar-refractivity contribution < 1.29 is 19.2 Å². The molecule has 1 aliphatic carbocycles. The Labute approximate surface area is 193 Å². The largest absolute Gasteiger partial charge is 0.369 e. The number of carbonyl (C=O) groups excluding carboxylic acids is 4. The van der Waals surface area contributed by atoms with Crippen LogP contribution < -0.4 is 10.2 Å². The molecule has 0 radical (unpaired) electrons. The first-order valence-corrected chi connectivity index (χ1v) is 12.2. The van der Waals surface area contributed by atoms with Crippen molar-refractivity contribution in [1.82, 2.24) is 15.1 Å². The molecule has 8 heteroatoms. The number of imide groups is 2. The standard InChI is InChI=1S/C25H30N4O4/c1-14-8-15(11-27-12-16-9-17(16)13-27)6-7-28(14)18-2-3-19-20(10-18)25(33)29(24(19)32)21-4-5-22(30)26-23(21)31/h2-3,10,14-17,21H,4-9,11-13H2,1H3,(H,26,30,31). The summed E-state index contributed by atoms with van der Waals surface area (Å²) in [6.45, 7) is 6.94. The lowest BCUT2D eigenvalue weighted by Gasteiger charge is -2.40. The molecule has 0 bridgehead atoms. The van der Waals surface area contributed by atoms with E-state index >= 15 is 0 Å². The fourth-order valence-corrected chi connectivity index (χ4v) is 6.47. The lowest BCUT2D eigenvalue weighted by atomic mass is 9.90. The predicted octanol–water partition coefficient (Wildman–Crippen LogP) is 1.64. The fraction of sp³-hybridized carbons (Fsp3) is 0.600. The Bertz CT molecular complexity index is 1040. The highest BCUT2D eigenvalue weighted by Crippen LogP contribution is 2.45. The SMILES string of the molecule is CC1CC(CN2CC3CC3C2)CCN1c1ccc2c(c1)C(=O)N(C1CCC(=O)NC1=O)C2=O. The predicted molar refractivity (Wildman–Crippen MR) is 121 cm³/mol. The molecule has 1 saturated carbocycles. The second-order valence-corrected chi connectivity index (χ2v) is 10.6. The first-order chi connectivity index (χ1) is 15.9. The van der Waals surface area contributed by atoms with Gasteiger partial charge in [-0.1, -0.05) is 0 Å². The van der Waals surface area contributed by atoms with Gasteiger partial charge in [-0.3, -0.25) is 29.4 Å². The molecule has 8 nitrogen and oxygen atoms in total. The topological polar surface area (TPSA) is 90.0 Å². The zero-order chi connectivity index (χ0) is 22.9. The molecular formula is C25H30N4O4. The molecule has 1 aromatic rings. The van der Waals surface area contributed by atoms with Crippen LogP contribution in [0, 0.1) is 17.8 Å². The number of nitrogens with one attached hydrogen (secondary N) is 1. The molecule has 5 atom stereocenters. The van der Waals surface area contributed by atoms with Crippen molar-refractivity contribution in [1.29, 1.82) is 0 Å². The second kappa shape index (κ2) is 7.65. The molecule has 5 aliphatic rings. The Balaban J connectivity index is 1.15. The highest BCUT2D eigenvalue weighted by molar-refractivity contribution is 6.23. The third-order valence-corrected chi connectivity index (χ3v) is 8.31. The number of piperidine rings is 3. The average molecular weight is 451 g/mol. The van der Waals surface area contributed by atoms with Gasteiger partial charge in [0.15, 0.2) is 0 Å². The number of hydrogen-bond donors (Lipinski definition) is 1. The quantitative estimate of drug-likeness (QED) is 0.702. The normalized spacial score (nSPS) is 33.9. The van der Waals surface area contributed by atoms with Crippen molar-refractivity contribution >= 4 is 29.3 Å². The number of nitrogens with zero attached hydrogens (tertiary/aromatic N) is 3. The highest BCUT2D eigenvalue weighted by atomic mass is 16.2. The number of amides is 4. The summed E-state index contributed by atoms with van der Waals surface area (Å²) < 4.78 is 0. The Morgan fingerprint density at radius 1 is 0.970 bits per heavy atom. The molecule has 6 rings (SSSR count). The summed E-state index contributed by atoms with van der Waals surface area (Å²) in [4.78, 5) is 55.9. The van der Waals surface area contributed by atoms with Gasteiger partial charge in [0.1, 0.15) is 6.04 Å². The van der Waals surface area contributed by atoms with Gasteiger partial charge in [-0.2, -0.15) is 0 Å². The van der Waals surface area contributed by atoms with Crippen LogP contribution in [0.3, 0.4) is 0 Å². The number of benzene rings is 1. The number of likely N-dealkylation sites (tertiary alicyclic amines) is 1. The Hall–Kier alpha value is -2.74. The summed E-state index contributed by atoms with van der Waals surface area (Å²) in [5, 5.41) is 2.24. The molecule has 4 aliphatic heterocycles. The van der Waals surface area contributed by atoms with Crippen molar-refractivity contribution in [2.24, 2.45) is 17.8 Å². The highest BCUT2D eigenvalue weighted by Gasteiger charge is 2.46. The van der Waals surface area contributed by atoms with Gasteiger partial charge in [0.05, 0.1) is 11.1 Å². The van der Waals surface area contributed by atoms with Gasteiger partial charge in [-0.25, -0.2) is 0 Å². The van der Waals surface area contributed by atoms with Gasteiger partial charge in [-0.15, -0.1) is 0 Å². The van der Waals surface area contributed by atoms with Crippen molar-refractivity contribution in [3.8, 4) is 0 Å². The van der Waals surface area contributed by atoms with Crippen molar-refractivity contribution in [3.63, 3.8) is 0 Å². The third-order valence-electron chi connectivity index (χ3n) is 8.31. The number of hydrogen-bond acceptors (Lipinski definition) is 6. The molecule has 1 aromatic carbocycles. The molecule has 33 heavy (non-hydrogen) atoms. The van der Waals surface area contributed by atoms with Crippen molar-refractivity contribution in [2.45, 2.75) is 51.1 Å². The van der Waals surface area contributed by atoms with Gasteiger partial charge in [0, 0.05) is 44.3 Å². The molecule has 3 saturated heterocycles. The van der Waals surface area contributed by atoms with E-state index in [-0.39, 0.29) is 18.7 Å². The molecule has 5 unspecified atom stereocenters. The van der Waals surface area contributed by atoms with Crippen LogP contribution in [0.15, 0.2) is 18.2 Å². The fourth-order valence-electron chi connectivity index (χ4n) is 6.47. The number of anilines is 1. The minimum absolute atomic E-state index is 0.125. The van der Waals surface area contributed by atoms with E-state index in [2.05, 4.69) is 22.0 Å². The van der Waals surface area contributed by atoms with Crippen LogP contribution in [0.1, 0.15) is 59.7 Å². The minimum Gasteiger partial charge on any atom is -0.369 e. The third kappa shape index (κ3) is 3.55. The van der Waals surface area contributed by atoms with E-state index in [1.54, 1.807) is 6.07 Å². The van der Waals surface area contributed by atoms with Crippen LogP contribution in [0.25, 0.3) is 0 Å². The summed E-state index contributed by atoms with van der Waals surface area (Å²) in [5.74, 6) is 0.797. The van der Waals surface area contributed by atoms with E-state index < -0.39 is 23.8 Å². The van der Waals surface area contributed by atoms with Crippen LogP contribution >= 0.6 is 0 Å².